The molecule has 5 nitrogen and oxygen atoms in total. The van der Waals surface area contributed by atoms with Gasteiger partial charge in [0.2, 0.25) is 17.6 Å². The SMILES string of the molecule is Cc1ccc(N2CC(c3nc(-c4cccc(Br)c4)no3)CC2=O)cc1F. The number of hydrogen-bond donors (Lipinski definition) is 0. The zero-order valence-corrected chi connectivity index (χ0v) is 15.5. The van der Waals surface area contributed by atoms with Gasteiger partial charge in [0.05, 0.1) is 5.92 Å². The van der Waals surface area contributed by atoms with Gasteiger partial charge in [-0.3, -0.25) is 4.79 Å². The number of hydrogen-bond acceptors (Lipinski definition) is 4. The molecule has 0 radical (unpaired) electrons. The van der Waals surface area contributed by atoms with E-state index >= 15 is 0 Å². The van der Waals surface area contributed by atoms with Gasteiger partial charge in [-0.05, 0) is 36.8 Å². The van der Waals surface area contributed by atoms with Gasteiger partial charge in [0.1, 0.15) is 5.82 Å². The Balaban J connectivity index is 1.56. The number of halogens is 2. The Hall–Kier alpha value is -2.54. The minimum atomic E-state index is -0.325. The van der Waals surface area contributed by atoms with Crippen molar-refractivity contribution in [1.82, 2.24) is 10.1 Å². The van der Waals surface area contributed by atoms with E-state index in [0.29, 0.717) is 29.5 Å². The summed E-state index contributed by atoms with van der Waals surface area (Å²) < 4.78 is 20.1. The minimum absolute atomic E-state index is 0.0829. The predicted molar refractivity (Wildman–Crippen MR) is 98.3 cm³/mol. The molecule has 1 aliphatic rings. The van der Waals surface area contributed by atoms with Crippen LogP contribution in [0.25, 0.3) is 11.4 Å². The van der Waals surface area contributed by atoms with Crippen LogP contribution in [0.4, 0.5) is 10.1 Å². The molecular weight excluding hydrogens is 401 g/mol. The maximum atomic E-state index is 13.8. The van der Waals surface area contributed by atoms with Gasteiger partial charge >= 0.3 is 0 Å². The summed E-state index contributed by atoms with van der Waals surface area (Å²) in [5, 5.41) is 4.02. The highest BCUT2D eigenvalue weighted by Crippen LogP contribution is 2.32. The molecule has 1 amide bonds. The van der Waals surface area contributed by atoms with Crippen molar-refractivity contribution in [2.24, 2.45) is 0 Å². The van der Waals surface area contributed by atoms with Crippen LogP contribution in [-0.4, -0.2) is 22.6 Å². The fourth-order valence-electron chi connectivity index (χ4n) is 3.02. The first-order chi connectivity index (χ1) is 12.5. The Bertz CT molecular complexity index is 988. The quantitative estimate of drug-likeness (QED) is 0.633. The first kappa shape index (κ1) is 16.9. The number of anilines is 1. The van der Waals surface area contributed by atoms with Crippen LogP contribution in [0, 0.1) is 12.7 Å². The summed E-state index contributed by atoms with van der Waals surface area (Å²) >= 11 is 3.42. The van der Waals surface area contributed by atoms with Crippen LogP contribution in [0.3, 0.4) is 0 Å². The lowest BCUT2D eigenvalue weighted by Crippen LogP contribution is -2.24. The molecule has 1 atom stereocenters. The number of amides is 1. The minimum Gasteiger partial charge on any atom is -0.339 e. The highest BCUT2D eigenvalue weighted by molar-refractivity contribution is 9.10. The van der Waals surface area contributed by atoms with Crippen LogP contribution < -0.4 is 4.90 Å². The van der Waals surface area contributed by atoms with E-state index in [2.05, 4.69) is 26.1 Å². The Morgan fingerprint density at radius 3 is 2.88 bits per heavy atom. The molecule has 1 fully saturated rings. The summed E-state index contributed by atoms with van der Waals surface area (Å²) in [5.41, 5.74) is 1.93. The Kier molecular flexibility index (Phi) is 4.32. The number of benzene rings is 2. The second-order valence-electron chi connectivity index (χ2n) is 6.31. The van der Waals surface area contributed by atoms with E-state index in [1.54, 1.807) is 24.0 Å². The number of rotatable bonds is 3. The van der Waals surface area contributed by atoms with Gasteiger partial charge in [0, 0.05) is 28.7 Å². The van der Waals surface area contributed by atoms with Crippen molar-refractivity contribution in [2.45, 2.75) is 19.3 Å². The number of aromatic nitrogens is 2. The van der Waals surface area contributed by atoms with Gasteiger partial charge < -0.3 is 9.42 Å². The Labute approximate surface area is 158 Å². The van der Waals surface area contributed by atoms with Gasteiger partial charge in [-0.15, -0.1) is 0 Å². The molecule has 1 aromatic heterocycles. The highest BCUT2D eigenvalue weighted by Gasteiger charge is 2.35. The zero-order valence-electron chi connectivity index (χ0n) is 13.9. The van der Waals surface area contributed by atoms with Crippen molar-refractivity contribution in [3.05, 3.63) is 64.2 Å². The summed E-state index contributed by atoms with van der Waals surface area (Å²) in [7, 11) is 0. The monoisotopic (exact) mass is 415 g/mol. The van der Waals surface area contributed by atoms with Crippen molar-refractivity contribution in [3.8, 4) is 11.4 Å². The van der Waals surface area contributed by atoms with E-state index in [1.165, 1.54) is 6.07 Å². The normalized spacial score (nSPS) is 17.1. The molecule has 2 heterocycles. The summed E-state index contributed by atoms with van der Waals surface area (Å²) in [6.07, 6.45) is 0.260. The number of aryl methyl sites for hydroxylation is 1. The summed E-state index contributed by atoms with van der Waals surface area (Å²) in [4.78, 5) is 18.4. The van der Waals surface area contributed by atoms with Crippen LogP contribution in [0.5, 0.6) is 0 Å². The summed E-state index contributed by atoms with van der Waals surface area (Å²) in [6, 6.07) is 12.4. The lowest BCUT2D eigenvalue weighted by Gasteiger charge is -2.16. The van der Waals surface area contributed by atoms with Gasteiger partial charge in [0.15, 0.2) is 0 Å². The number of nitrogens with zero attached hydrogens (tertiary/aromatic N) is 3. The maximum absolute atomic E-state index is 13.8. The van der Waals surface area contributed by atoms with E-state index in [1.807, 2.05) is 24.3 Å². The second kappa shape index (κ2) is 6.64. The third kappa shape index (κ3) is 3.14. The van der Waals surface area contributed by atoms with E-state index < -0.39 is 0 Å². The standard InChI is InChI=1S/C19H15BrFN3O2/c1-11-5-6-15(9-16(11)21)24-10-13(8-17(24)25)19-22-18(23-26-19)12-3-2-4-14(20)7-12/h2-7,9,13H,8,10H2,1H3. The van der Waals surface area contributed by atoms with Crippen molar-refractivity contribution in [3.63, 3.8) is 0 Å². The maximum Gasteiger partial charge on any atom is 0.232 e. The molecule has 0 bridgehead atoms. The molecule has 0 N–H and O–H groups in total. The van der Waals surface area contributed by atoms with E-state index in [0.717, 1.165) is 10.0 Å². The molecule has 132 valence electrons. The van der Waals surface area contributed by atoms with Crippen molar-refractivity contribution in [1.29, 1.82) is 0 Å². The molecule has 0 aliphatic carbocycles. The highest BCUT2D eigenvalue weighted by atomic mass is 79.9. The van der Waals surface area contributed by atoms with Crippen LogP contribution in [-0.2, 0) is 4.79 Å². The smallest absolute Gasteiger partial charge is 0.232 e. The molecule has 1 aliphatic heterocycles. The van der Waals surface area contributed by atoms with Gasteiger partial charge in [-0.25, -0.2) is 4.39 Å². The van der Waals surface area contributed by atoms with E-state index in [4.69, 9.17) is 4.52 Å². The van der Waals surface area contributed by atoms with Crippen LogP contribution in [0.2, 0.25) is 0 Å². The Morgan fingerprint density at radius 2 is 2.12 bits per heavy atom. The second-order valence-corrected chi connectivity index (χ2v) is 7.22. The average molecular weight is 416 g/mol. The van der Waals surface area contributed by atoms with Crippen molar-refractivity contribution >= 4 is 27.5 Å². The molecule has 3 aromatic rings. The lowest BCUT2D eigenvalue weighted by atomic mass is 10.1. The molecule has 0 spiro atoms. The number of carbonyl (C=O) groups is 1. The third-order valence-corrected chi connectivity index (χ3v) is 4.96. The van der Waals surface area contributed by atoms with Gasteiger partial charge in [-0.2, -0.15) is 4.98 Å². The van der Waals surface area contributed by atoms with Crippen LogP contribution in [0.1, 0.15) is 23.8 Å². The lowest BCUT2D eigenvalue weighted by molar-refractivity contribution is -0.117. The first-order valence-electron chi connectivity index (χ1n) is 8.17. The summed E-state index contributed by atoms with van der Waals surface area (Å²) in [5.74, 6) is 0.284. The van der Waals surface area contributed by atoms with Crippen LogP contribution in [0.15, 0.2) is 51.5 Å². The molecule has 7 heteroatoms. The largest absolute Gasteiger partial charge is 0.339 e. The summed E-state index contributed by atoms with van der Waals surface area (Å²) in [6.45, 7) is 2.08. The predicted octanol–water partition coefficient (Wildman–Crippen LogP) is 4.47. The number of carbonyl (C=O) groups excluding carboxylic acids is 1. The van der Waals surface area contributed by atoms with Crippen molar-refractivity contribution in [2.75, 3.05) is 11.4 Å². The molecule has 1 unspecified atom stereocenters. The van der Waals surface area contributed by atoms with Crippen molar-refractivity contribution < 1.29 is 13.7 Å². The van der Waals surface area contributed by atoms with E-state index in [9.17, 15) is 9.18 Å². The molecule has 0 saturated carbocycles. The molecule has 26 heavy (non-hydrogen) atoms. The Morgan fingerprint density at radius 1 is 1.27 bits per heavy atom. The molecular formula is C19H15BrFN3O2. The van der Waals surface area contributed by atoms with Crippen LogP contribution >= 0.6 is 15.9 Å². The topological polar surface area (TPSA) is 59.2 Å². The van der Waals surface area contributed by atoms with Gasteiger partial charge in [0.25, 0.3) is 0 Å². The van der Waals surface area contributed by atoms with Gasteiger partial charge in [-0.1, -0.05) is 39.3 Å². The fourth-order valence-corrected chi connectivity index (χ4v) is 3.42. The fraction of sp³-hybridized carbons (Fsp3) is 0.211. The zero-order chi connectivity index (χ0) is 18.3. The molecule has 4 rings (SSSR count). The van der Waals surface area contributed by atoms with E-state index in [-0.39, 0.29) is 24.1 Å². The first-order valence-corrected chi connectivity index (χ1v) is 8.96. The third-order valence-electron chi connectivity index (χ3n) is 4.47. The average Bonchev–Trinajstić information content (AvgIpc) is 3.24. The molecule has 1 saturated heterocycles. The molecule has 2 aromatic carbocycles.